The van der Waals surface area contributed by atoms with Gasteiger partial charge in [0.15, 0.2) is 8.68 Å². The molecule has 0 aromatic carbocycles. The van der Waals surface area contributed by atoms with Crippen molar-refractivity contribution >= 4 is 33.0 Å². The fourth-order valence-electron chi connectivity index (χ4n) is 1.90. The van der Waals surface area contributed by atoms with E-state index in [1.807, 2.05) is 13.8 Å². The van der Waals surface area contributed by atoms with Gasteiger partial charge in [-0.05, 0) is 13.3 Å². The third-order valence-electron chi connectivity index (χ3n) is 2.91. The third kappa shape index (κ3) is 2.70. The minimum absolute atomic E-state index is 0.0917. The van der Waals surface area contributed by atoms with Gasteiger partial charge in [0.1, 0.15) is 0 Å². The standard InChI is InChI=1S/C10H15ClN2O3S2/c1-3-8-6-16-7(2)5-13(8)18(14,15)9-4-12-10(11)17-9/h4,7-8H,3,5-6H2,1-2H3. The van der Waals surface area contributed by atoms with E-state index in [1.54, 1.807) is 0 Å². The molecule has 5 nitrogen and oxygen atoms in total. The summed E-state index contributed by atoms with van der Waals surface area (Å²) in [4.78, 5) is 3.79. The van der Waals surface area contributed by atoms with E-state index in [-0.39, 0.29) is 20.8 Å². The molecule has 1 aromatic heterocycles. The molecule has 102 valence electrons. The predicted octanol–water partition coefficient (Wildman–Crippen LogP) is 1.98. The van der Waals surface area contributed by atoms with Crippen LogP contribution in [0, 0.1) is 0 Å². The van der Waals surface area contributed by atoms with Crippen LogP contribution in [-0.4, -0.2) is 43.0 Å². The Morgan fingerprint density at radius 2 is 2.39 bits per heavy atom. The Morgan fingerprint density at radius 1 is 1.67 bits per heavy atom. The summed E-state index contributed by atoms with van der Waals surface area (Å²) in [6.45, 7) is 4.63. The first-order valence-corrected chi connectivity index (χ1v) is 8.33. The van der Waals surface area contributed by atoms with Gasteiger partial charge in [-0.25, -0.2) is 13.4 Å². The van der Waals surface area contributed by atoms with Crippen LogP contribution in [-0.2, 0) is 14.8 Å². The highest BCUT2D eigenvalue weighted by atomic mass is 35.5. The molecular weight excluding hydrogens is 296 g/mol. The number of ether oxygens (including phenoxy) is 1. The summed E-state index contributed by atoms with van der Waals surface area (Å²) in [7, 11) is -3.51. The molecule has 8 heteroatoms. The first kappa shape index (κ1) is 14.2. The van der Waals surface area contributed by atoms with Crippen molar-refractivity contribution in [3.63, 3.8) is 0 Å². The number of hydrogen-bond acceptors (Lipinski definition) is 5. The summed E-state index contributed by atoms with van der Waals surface area (Å²) in [6.07, 6.45) is 1.94. The van der Waals surface area contributed by atoms with Crippen molar-refractivity contribution in [2.75, 3.05) is 13.2 Å². The van der Waals surface area contributed by atoms with Crippen molar-refractivity contribution in [2.45, 2.75) is 36.6 Å². The van der Waals surface area contributed by atoms with Crippen LogP contribution in [0.5, 0.6) is 0 Å². The van der Waals surface area contributed by atoms with Gasteiger partial charge in [0.05, 0.1) is 18.9 Å². The van der Waals surface area contributed by atoms with Crippen LogP contribution in [0.25, 0.3) is 0 Å². The monoisotopic (exact) mass is 310 g/mol. The third-order valence-corrected chi connectivity index (χ3v) is 6.38. The van der Waals surface area contributed by atoms with Gasteiger partial charge >= 0.3 is 0 Å². The number of thiazole rings is 1. The smallest absolute Gasteiger partial charge is 0.254 e. The number of halogens is 1. The van der Waals surface area contributed by atoms with Crippen LogP contribution in [0.1, 0.15) is 20.3 Å². The number of hydrogen-bond donors (Lipinski definition) is 0. The molecule has 0 bridgehead atoms. The Kier molecular flexibility index (Phi) is 4.28. The topological polar surface area (TPSA) is 59.5 Å². The Bertz CT molecular complexity index is 517. The zero-order valence-corrected chi connectivity index (χ0v) is 12.6. The second-order valence-corrected chi connectivity index (χ2v) is 7.94. The zero-order valence-electron chi connectivity index (χ0n) is 10.2. The lowest BCUT2D eigenvalue weighted by atomic mass is 10.2. The lowest BCUT2D eigenvalue weighted by Gasteiger charge is -2.36. The van der Waals surface area contributed by atoms with Gasteiger partial charge in [-0.15, -0.1) is 0 Å². The van der Waals surface area contributed by atoms with Gasteiger partial charge < -0.3 is 4.74 Å². The quantitative estimate of drug-likeness (QED) is 0.856. The molecule has 2 heterocycles. The zero-order chi connectivity index (χ0) is 13.3. The molecule has 18 heavy (non-hydrogen) atoms. The predicted molar refractivity (Wildman–Crippen MR) is 70.5 cm³/mol. The Balaban J connectivity index is 2.32. The average Bonchev–Trinajstić information content (AvgIpc) is 2.76. The van der Waals surface area contributed by atoms with E-state index in [0.717, 1.165) is 17.8 Å². The van der Waals surface area contributed by atoms with E-state index >= 15 is 0 Å². The molecule has 2 atom stereocenters. The maximum absolute atomic E-state index is 12.5. The fourth-order valence-corrected chi connectivity index (χ4v) is 5.09. The van der Waals surface area contributed by atoms with Gasteiger partial charge in [0.25, 0.3) is 10.0 Å². The molecule has 1 aromatic rings. The van der Waals surface area contributed by atoms with E-state index < -0.39 is 10.0 Å². The van der Waals surface area contributed by atoms with Crippen molar-refractivity contribution < 1.29 is 13.2 Å². The minimum Gasteiger partial charge on any atom is -0.375 e. The minimum atomic E-state index is -3.51. The molecule has 0 spiro atoms. The SMILES string of the molecule is CCC1COC(C)CN1S(=O)(=O)c1cnc(Cl)s1. The molecule has 0 radical (unpaired) electrons. The van der Waals surface area contributed by atoms with E-state index in [4.69, 9.17) is 16.3 Å². The Morgan fingerprint density at radius 3 is 2.94 bits per heavy atom. The summed E-state index contributed by atoms with van der Waals surface area (Å²) in [5, 5.41) is 0. The lowest BCUT2D eigenvalue weighted by molar-refractivity contribution is -0.0229. The van der Waals surface area contributed by atoms with Gasteiger partial charge in [0.2, 0.25) is 0 Å². The van der Waals surface area contributed by atoms with E-state index in [0.29, 0.717) is 13.2 Å². The van der Waals surface area contributed by atoms with Crippen LogP contribution in [0.2, 0.25) is 4.47 Å². The average molecular weight is 311 g/mol. The maximum atomic E-state index is 12.5. The van der Waals surface area contributed by atoms with Crippen molar-refractivity contribution in [3.05, 3.63) is 10.7 Å². The van der Waals surface area contributed by atoms with Crippen molar-refractivity contribution in [2.24, 2.45) is 0 Å². The first-order valence-electron chi connectivity index (χ1n) is 5.70. The molecule has 0 amide bonds. The maximum Gasteiger partial charge on any atom is 0.254 e. The number of rotatable bonds is 3. The summed E-state index contributed by atoms with van der Waals surface area (Å²) in [6, 6.07) is -0.118. The van der Waals surface area contributed by atoms with Crippen LogP contribution in [0.4, 0.5) is 0 Å². The molecule has 1 saturated heterocycles. The summed E-state index contributed by atoms with van der Waals surface area (Å²) < 4.78 is 32.4. The second-order valence-electron chi connectivity index (χ2n) is 4.21. The highest BCUT2D eigenvalue weighted by Gasteiger charge is 2.36. The highest BCUT2D eigenvalue weighted by molar-refractivity contribution is 7.91. The van der Waals surface area contributed by atoms with Crippen molar-refractivity contribution in [1.82, 2.24) is 9.29 Å². The Hall–Kier alpha value is -0.210. The van der Waals surface area contributed by atoms with Gasteiger partial charge in [0, 0.05) is 12.6 Å². The summed E-state index contributed by atoms with van der Waals surface area (Å²) >= 11 is 6.69. The highest BCUT2D eigenvalue weighted by Crippen LogP contribution is 2.29. The van der Waals surface area contributed by atoms with Gasteiger partial charge in [-0.1, -0.05) is 29.9 Å². The van der Waals surface area contributed by atoms with Crippen molar-refractivity contribution in [1.29, 1.82) is 0 Å². The van der Waals surface area contributed by atoms with Gasteiger partial charge in [-0.3, -0.25) is 0 Å². The van der Waals surface area contributed by atoms with Crippen LogP contribution >= 0.6 is 22.9 Å². The molecule has 0 saturated carbocycles. The van der Waals surface area contributed by atoms with E-state index in [9.17, 15) is 8.42 Å². The molecule has 0 aliphatic carbocycles. The molecule has 1 aliphatic rings. The first-order chi connectivity index (χ1) is 8.45. The molecule has 1 fully saturated rings. The van der Waals surface area contributed by atoms with Gasteiger partial charge in [-0.2, -0.15) is 4.31 Å². The van der Waals surface area contributed by atoms with Crippen LogP contribution in [0.3, 0.4) is 0 Å². The normalized spacial score (nSPS) is 26.4. The Labute approximate surface area is 116 Å². The molecule has 0 N–H and O–H groups in total. The number of sulfonamides is 1. The van der Waals surface area contributed by atoms with E-state index in [1.165, 1.54) is 10.5 Å². The lowest BCUT2D eigenvalue weighted by Crippen LogP contribution is -2.50. The van der Waals surface area contributed by atoms with Crippen LogP contribution in [0.15, 0.2) is 10.4 Å². The summed E-state index contributed by atoms with van der Waals surface area (Å²) in [5.41, 5.74) is 0. The van der Waals surface area contributed by atoms with Crippen LogP contribution < -0.4 is 0 Å². The molecule has 2 rings (SSSR count). The second kappa shape index (κ2) is 5.42. The number of nitrogens with zero attached hydrogens (tertiary/aromatic N) is 2. The summed E-state index contributed by atoms with van der Waals surface area (Å²) in [5.74, 6) is 0. The van der Waals surface area contributed by atoms with E-state index in [2.05, 4.69) is 4.98 Å². The number of aromatic nitrogens is 1. The van der Waals surface area contributed by atoms with Crippen molar-refractivity contribution in [3.8, 4) is 0 Å². The fraction of sp³-hybridized carbons (Fsp3) is 0.700. The molecule has 2 unspecified atom stereocenters. The largest absolute Gasteiger partial charge is 0.375 e. The molecule has 1 aliphatic heterocycles. The number of morpholine rings is 1. The molecular formula is C10H15ClN2O3S2.